The van der Waals surface area contributed by atoms with E-state index >= 15 is 0 Å². The quantitative estimate of drug-likeness (QED) is 0.730. The molecule has 4 nitrogen and oxygen atoms in total. The molecule has 0 amide bonds. The number of nitrogens with zero attached hydrogens (tertiary/aromatic N) is 1. The number of aromatic amines is 1. The monoisotopic (exact) mass is 331 g/mol. The average molecular weight is 332 g/mol. The molecule has 0 fully saturated rings. The lowest BCUT2D eigenvalue weighted by molar-refractivity contribution is -0.304. The van der Waals surface area contributed by atoms with E-state index < -0.39 is 11.2 Å². The Hall–Kier alpha value is -1.98. The predicted molar refractivity (Wildman–Crippen MR) is 85.9 cm³/mol. The number of carboxylic acid groups (broad SMARTS) is 1. The van der Waals surface area contributed by atoms with Crippen molar-refractivity contribution in [3.63, 3.8) is 0 Å². The van der Waals surface area contributed by atoms with Gasteiger partial charge >= 0.3 is 0 Å². The molecule has 0 aliphatic rings. The van der Waals surface area contributed by atoms with Crippen LogP contribution < -0.4 is 5.11 Å². The van der Waals surface area contributed by atoms with Crippen LogP contribution in [0, 0.1) is 0 Å². The summed E-state index contributed by atoms with van der Waals surface area (Å²) in [5, 5.41) is 11.9. The van der Waals surface area contributed by atoms with Crippen molar-refractivity contribution in [1.82, 2.24) is 9.97 Å². The first kappa shape index (κ1) is 14.9. The summed E-state index contributed by atoms with van der Waals surface area (Å²) in [6, 6.07) is 14.7. The lowest BCUT2D eigenvalue weighted by Gasteiger charge is -2.16. The molecule has 1 aromatic heterocycles. The number of nitrogens with one attached hydrogen (secondary N) is 1. The third-order valence-corrected chi connectivity index (χ3v) is 4.53. The summed E-state index contributed by atoms with van der Waals surface area (Å²) >= 11 is 7.00. The van der Waals surface area contributed by atoms with Crippen molar-refractivity contribution in [2.45, 2.75) is 16.8 Å². The van der Waals surface area contributed by atoms with Crippen LogP contribution in [0.3, 0.4) is 0 Å². The molecule has 0 spiro atoms. The summed E-state index contributed by atoms with van der Waals surface area (Å²) in [7, 11) is 0. The van der Waals surface area contributed by atoms with Crippen LogP contribution in [0.2, 0.25) is 5.02 Å². The van der Waals surface area contributed by atoms with E-state index in [-0.39, 0.29) is 0 Å². The second-order valence-corrected chi connectivity index (χ2v) is 6.44. The van der Waals surface area contributed by atoms with E-state index in [2.05, 4.69) is 9.97 Å². The number of benzene rings is 2. The molecule has 1 unspecified atom stereocenters. The first-order valence-electron chi connectivity index (χ1n) is 6.68. The fourth-order valence-corrected chi connectivity index (χ4v) is 3.22. The van der Waals surface area contributed by atoms with Crippen LogP contribution in [0.15, 0.2) is 53.7 Å². The highest BCUT2D eigenvalue weighted by Gasteiger charge is 2.15. The van der Waals surface area contributed by atoms with E-state index in [0.717, 1.165) is 28.4 Å². The summed E-state index contributed by atoms with van der Waals surface area (Å²) in [5.41, 5.74) is 2.59. The van der Waals surface area contributed by atoms with Gasteiger partial charge in [-0.05, 0) is 36.2 Å². The standard InChI is InChI=1S/C16H13ClN2O2S/c17-11-7-5-10(6-8-11)9-14(15(20)21)22-16-18-12-3-1-2-4-13(12)19-16/h1-8,14H,9H2,(H,18,19)(H,20,21)/p-1. The van der Waals surface area contributed by atoms with Crippen LogP contribution in [0.5, 0.6) is 0 Å². The maximum atomic E-state index is 11.4. The topological polar surface area (TPSA) is 68.8 Å². The number of hydrogen-bond acceptors (Lipinski definition) is 4. The number of imidazole rings is 1. The van der Waals surface area contributed by atoms with Gasteiger partial charge in [-0.15, -0.1) is 0 Å². The van der Waals surface area contributed by atoms with Crippen molar-refractivity contribution in [3.05, 3.63) is 59.1 Å². The van der Waals surface area contributed by atoms with E-state index in [4.69, 9.17) is 11.6 Å². The summed E-state index contributed by atoms with van der Waals surface area (Å²) in [4.78, 5) is 18.9. The van der Waals surface area contributed by atoms with Gasteiger partial charge in [-0.1, -0.05) is 47.6 Å². The third kappa shape index (κ3) is 3.43. The Morgan fingerprint density at radius 2 is 1.95 bits per heavy atom. The zero-order chi connectivity index (χ0) is 15.5. The maximum Gasteiger partial charge on any atom is 0.167 e. The van der Waals surface area contributed by atoms with E-state index in [9.17, 15) is 9.90 Å². The number of halogens is 1. The number of aromatic nitrogens is 2. The fraction of sp³-hybridized carbons (Fsp3) is 0.125. The predicted octanol–water partition coefficient (Wildman–Crippen LogP) is 2.67. The van der Waals surface area contributed by atoms with Gasteiger partial charge in [-0.3, -0.25) is 0 Å². The van der Waals surface area contributed by atoms with Crippen LogP contribution in [-0.4, -0.2) is 21.2 Å². The smallest absolute Gasteiger partial charge is 0.167 e. The Morgan fingerprint density at radius 1 is 1.23 bits per heavy atom. The number of fused-ring (bicyclic) bond motifs is 1. The van der Waals surface area contributed by atoms with Gasteiger partial charge in [0.05, 0.1) is 22.3 Å². The molecule has 1 N–H and O–H groups in total. The molecule has 3 rings (SSSR count). The number of aliphatic carboxylic acids is 1. The van der Waals surface area contributed by atoms with Crippen LogP contribution in [0.4, 0.5) is 0 Å². The molecular formula is C16H12ClN2O2S-. The molecule has 0 aliphatic heterocycles. The summed E-state index contributed by atoms with van der Waals surface area (Å²) in [6.07, 6.45) is 0.348. The second kappa shape index (κ2) is 6.42. The largest absolute Gasteiger partial charge is 0.549 e. The molecule has 1 atom stereocenters. The molecule has 22 heavy (non-hydrogen) atoms. The molecule has 0 radical (unpaired) electrons. The van der Waals surface area contributed by atoms with Gasteiger partial charge in [0.25, 0.3) is 0 Å². The fourth-order valence-electron chi connectivity index (χ4n) is 2.13. The van der Waals surface area contributed by atoms with Crippen LogP contribution in [0.1, 0.15) is 5.56 Å². The molecule has 112 valence electrons. The van der Waals surface area contributed by atoms with Crippen molar-refractivity contribution in [3.8, 4) is 0 Å². The minimum atomic E-state index is -1.11. The molecular weight excluding hydrogens is 320 g/mol. The lowest BCUT2D eigenvalue weighted by atomic mass is 10.1. The highest BCUT2D eigenvalue weighted by molar-refractivity contribution is 8.00. The van der Waals surface area contributed by atoms with E-state index in [1.54, 1.807) is 12.1 Å². The zero-order valence-electron chi connectivity index (χ0n) is 11.5. The molecule has 1 heterocycles. The Morgan fingerprint density at radius 3 is 2.64 bits per heavy atom. The number of carbonyl (C=O) groups is 1. The van der Waals surface area contributed by atoms with Gasteiger partial charge < -0.3 is 14.9 Å². The van der Waals surface area contributed by atoms with E-state index in [1.807, 2.05) is 36.4 Å². The normalized spacial score (nSPS) is 12.4. The van der Waals surface area contributed by atoms with Crippen molar-refractivity contribution >= 4 is 40.4 Å². The van der Waals surface area contributed by atoms with Crippen molar-refractivity contribution in [1.29, 1.82) is 0 Å². The Bertz CT molecular complexity index is 768. The molecule has 0 bridgehead atoms. The average Bonchev–Trinajstić information content (AvgIpc) is 2.91. The molecule has 3 aromatic rings. The Kier molecular flexibility index (Phi) is 4.36. The maximum absolute atomic E-state index is 11.4. The first-order chi connectivity index (χ1) is 10.6. The summed E-state index contributed by atoms with van der Waals surface area (Å²) < 4.78 is 0. The number of hydrogen-bond donors (Lipinski definition) is 1. The number of carbonyl (C=O) groups excluding carboxylic acids is 1. The zero-order valence-corrected chi connectivity index (χ0v) is 13.0. The van der Waals surface area contributed by atoms with Gasteiger partial charge in [0.2, 0.25) is 0 Å². The number of rotatable bonds is 5. The van der Waals surface area contributed by atoms with Crippen molar-refractivity contribution in [2.24, 2.45) is 0 Å². The molecule has 6 heteroatoms. The lowest BCUT2D eigenvalue weighted by Crippen LogP contribution is -2.35. The van der Waals surface area contributed by atoms with Gasteiger partial charge in [-0.2, -0.15) is 0 Å². The third-order valence-electron chi connectivity index (χ3n) is 3.22. The van der Waals surface area contributed by atoms with Gasteiger partial charge in [0.15, 0.2) is 5.16 Å². The second-order valence-electron chi connectivity index (χ2n) is 4.82. The number of thioether (sulfide) groups is 1. The molecule has 0 aliphatic carbocycles. The number of H-pyrrole nitrogens is 1. The minimum Gasteiger partial charge on any atom is -0.549 e. The summed E-state index contributed by atoms with van der Waals surface area (Å²) in [6.45, 7) is 0. The van der Waals surface area contributed by atoms with Gasteiger partial charge in [-0.25, -0.2) is 4.98 Å². The molecule has 2 aromatic carbocycles. The van der Waals surface area contributed by atoms with E-state index in [1.165, 1.54) is 0 Å². The van der Waals surface area contributed by atoms with E-state index in [0.29, 0.717) is 16.6 Å². The van der Waals surface area contributed by atoms with Gasteiger partial charge in [0.1, 0.15) is 0 Å². The van der Waals surface area contributed by atoms with Crippen LogP contribution >= 0.6 is 23.4 Å². The first-order valence-corrected chi connectivity index (χ1v) is 7.94. The Labute approximate surface area is 136 Å². The number of para-hydroxylation sites is 2. The highest BCUT2D eigenvalue weighted by atomic mass is 35.5. The van der Waals surface area contributed by atoms with Gasteiger partial charge in [0, 0.05) is 5.02 Å². The van der Waals surface area contributed by atoms with Crippen LogP contribution in [0.25, 0.3) is 11.0 Å². The highest BCUT2D eigenvalue weighted by Crippen LogP contribution is 2.26. The van der Waals surface area contributed by atoms with Crippen molar-refractivity contribution < 1.29 is 9.90 Å². The SMILES string of the molecule is O=C([O-])C(Cc1ccc(Cl)cc1)Sc1nc2ccccc2[nH]1. The minimum absolute atomic E-state index is 0.348. The summed E-state index contributed by atoms with van der Waals surface area (Å²) in [5.74, 6) is -1.11. The van der Waals surface area contributed by atoms with Crippen molar-refractivity contribution in [2.75, 3.05) is 0 Å². The molecule has 0 saturated heterocycles. The van der Waals surface area contributed by atoms with Crippen LogP contribution in [-0.2, 0) is 11.2 Å². The Balaban J connectivity index is 1.79. The molecule has 0 saturated carbocycles. The number of carboxylic acids is 1.